The predicted octanol–water partition coefficient (Wildman–Crippen LogP) is 2.59. The number of thiophene rings is 1. The topological polar surface area (TPSA) is 58.6 Å². The Bertz CT molecular complexity index is 795. The van der Waals surface area contributed by atoms with Gasteiger partial charge in [0.15, 0.2) is 5.11 Å². The van der Waals surface area contributed by atoms with Crippen LogP contribution in [0.2, 0.25) is 0 Å². The van der Waals surface area contributed by atoms with Crippen LogP contribution in [0.15, 0.2) is 46.7 Å². The molecule has 1 N–H and O–H groups in total. The van der Waals surface area contributed by atoms with Crippen LogP contribution in [0.3, 0.4) is 0 Å². The van der Waals surface area contributed by atoms with Crippen molar-refractivity contribution in [3.05, 3.63) is 52.2 Å². The Morgan fingerprint density at radius 1 is 1.22 bits per heavy atom. The zero-order valence-electron chi connectivity index (χ0n) is 12.1. The molecule has 1 aromatic carbocycles. The molecule has 23 heavy (non-hydrogen) atoms. The molecule has 0 radical (unpaired) electrons. The summed E-state index contributed by atoms with van der Waals surface area (Å²) in [5.74, 6) is -0.270. The van der Waals surface area contributed by atoms with E-state index in [0.29, 0.717) is 11.4 Å². The molecule has 2 heterocycles. The second kappa shape index (κ2) is 6.31. The molecule has 1 aromatic heterocycles. The highest BCUT2D eigenvalue weighted by Gasteiger charge is 2.34. The summed E-state index contributed by atoms with van der Waals surface area (Å²) in [5.41, 5.74) is 1.42. The van der Waals surface area contributed by atoms with Crippen molar-refractivity contribution < 1.29 is 14.3 Å². The summed E-state index contributed by atoms with van der Waals surface area (Å²) in [6, 6.07) is 8.71. The van der Waals surface area contributed by atoms with E-state index in [1.807, 2.05) is 16.8 Å². The zero-order chi connectivity index (χ0) is 16.4. The number of hydrogen-bond acceptors (Lipinski definition) is 5. The third-order valence-electron chi connectivity index (χ3n) is 3.29. The minimum atomic E-state index is -0.490. The quantitative estimate of drug-likeness (QED) is 0.528. The summed E-state index contributed by atoms with van der Waals surface area (Å²) in [6.45, 7) is 0. The van der Waals surface area contributed by atoms with Gasteiger partial charge in [-0.15, -0.1) is 0 Å². The Balaban J connectivity index is 1.98. The van der Waals surface area contributed by atoms with Crippen molar-refractivity contribution in [2.24, 2.45) is 0 Å². The van der Waals surface area contributed by atoms with E-state index >= 15 is 0 Å². The number of ether oxygens (including phenoxy) is 1. The predicted molar refractivity (Wildman–Crippen MR) is 93.5 cm³/mol. The van der Waals surface area contributed by atoms with Gasteiger partial charge in [0.2, 0.25) is 0 Å². The molecule has 1 aliphatic heterocycles. The first-order valence-corrected chi connectivity index (χ1v) is 8.03. The number of methoxy groups -OCH3 is 1. The van der Waals surface area contributed by atoms with Crippen molar-refractivity contribution in [1.82, 2.24) is 5.32 Å². The van der Waals surface area contributed by atoms with Crippen molar-refractivity contribution in [1.29, 1.82) is 0 Å². The van der Waals surface area contributed by atoms with Gasteiger partial charge in [0.1, 0.15) is 11.3 Å². The van der Waals surface area contributed by atoms with Crippen LogP contribution < -0.4 is 15.0 Å². The Kier molecular flexibility index (Phi) is 4.22. The highest BCUT2D eigenvalue weighted by atomic mass is 32.1. The Hall–Kier alpha value is -2.51. The first-order chi connectivity index (χ1) is 11.1. The van der Waals surface area contributed by atoms with Crippen LogP contribution in [0.1, 0.15) is 5.56 Å². The molecule has 2 aromatic rings. The van der Waals surface area contributed by atoms with Gasteiger partial charge in [-0.05, 0) is 64.9 Å². The molecule has 7 heteroatoms. The first-order valence-electron chi connectivity index (χ1n) is 6.68. The van der Waals surface area contributed by atoms with Gasteiger partial charge in [-0.1, -0.05) is 0 Å². The lowest BCUT2D eigenvalue weighted by atomic mass is 10.1. The Labute approximate surface area is 142 Å². The van der Waals surface area contributed by atoms with Crippen LogP contribution >= 0.6 is 23.6 Å². The number of thiocarbonyl (C=S) groups is 1. The molecular weight excluding hydrogens is 332 g/mol. The fraction of sp³-hybridized carbons (Fsp3) is 0.0625. The van der Waals surface area contributed by atoms with E-state index in [9.17, 15) is 9.59 Å². The minimum Gasteiger partial charge on any atom is -0.497 e. The summed E-state index contributed by atoms with van der Waals surface area (Å²) >= 11 is 6.63. The number of hydrogen-bond donors (Lipinski definition) is 1. The lowest BCUT2D eigenvalue weighted by molar-refractivity contribution is -0.122. The number of nitrogens with zero attached hydrogens (tertiary/aromatic N) is 1. The van der Waals surface area contributed by atoms with Gasteiger partial charge in [-0.3, -0.25) is 19.8 Å². The molecule has 0 atom stereocenters. The molecule has 0 bridgehead atoms. The maximum atomic E-state index is 12.7. The number of amides is 2. The molecule has 0 aliphatic carbocycles. The Morgan fingerprint density at radius 2 is 1.96 bits per heavy atom. The largest absolute Gasteiger partial charge is 0.497 e. The molecular formula is C16H12N2O3S2. The van der Waals surface area contributed by atoms with Gasteiger partial charge in [-0.25, -0.2) is 0 Å². The molecule has 0 unspecified atom stereocenters. The average molecular weight is 344 g/mol. The third kappa shape index (κ3) is 3.01. The lowest BCUT2D eigenvalue weighted by Gasteiger charge is -2.28. The van der Waals surface area contributed by atoms with E-state index in [4.69, 9.17) is 17.0 Å². The monoisotopic (exact) mass is 344 g/mol. The molecule has 1 aliphatic rings. The number of rotatable bonds is 3. The molecule has 3 rings (SSSR count). The van der Waals surface area contributed by atoms with E-state index in [-0.39, 0.29) is 10.7 Å². The van der Waals surface area contributed by atoms with Crippen LogP contribution in [-0.4, -0.2) is 24.0 Å². The zero-order valence-corrected chi connectivity index (χ0v) is 13.7. The maximum absolute atomic E-state index is 12.7. The van der Waals surface area contributed by atoms with E-state index < -0.39 is 11.8 Å². The normalized spacial score (nSPS) is 16.7. The lowest BCUT2D eigenvalue weighted by Crippen LogP contribution is -2.54. The fourth-order valence-corrected chi connectivity index (χ4v) is 3.05. The highest BCUT2D eigenvalue weighted by molar-refractivity contribution is 7.80. The summed E-state index contributed by atoms with van der Waals surface area (Å²) < 4.78 is 5.10. The van der Waals surface area contributed by atoms with E-state index in [2.05, 4.69) is 5.32 Å². The highest BCUT2D eigenvalue weighted by Crippen LogP contribution is 2.24. The van der Waals surface area contributed by atoms with Crippen LogP contribution in [0.5, 0.6) is 5.75 Å². The average Bonchev–Trinajstić information content (AvgIpc) is 3.05. The summed E-state index contributed by atoms with van der Waals surface area (Å²) in [7, 11) is 1.56. The molecule has 0 spiro atoms. The van der Waals surface area contributed by atoms with E-state index in [0.717, 1.165) is 5.56 Å². The second-order valence-corrected chi connectivity index (χ2v) is 5.88. The molecule has 1 fully saturated rings. The van der Waals surface area contributed by atoms with Crippen LogP contribution in [-0.2, 0) is 9.59 Å². The van der Waals surface area contributed by atoms with Crippen molar-refractivity contribution in [2.75, 3.05) is 12.0 Å². The van der Waals surface area contributed by atoms with Gasteiger partial charge < -0.3 is 4.74 Å². The first kappa shape index (κ1) is 15.4. The van der Waals surface area contributed by atoms with Crippen LogP contribution in [0, 0.1) is 0 Å². The van der Waals surface area contributed by atoms with Crippen LogP contribution in [0.25, 0.3) is 6.08 Å². The van der Waals surface area contributed by atoms with Gasteiger partial charge in [0, 0.05) is 0 Å². The van der Waals surface area contributed by atoms with Crippen molar-refractivity contribution >= 4 is 52.2 Å². The van der Waals surface area contributed by atoms with Gasteiger partial charge in [-0.2, -0.15) is 11.3 Å². The number of carbonyl (C=O) groups is 2. The smallest absolute Gasteiger partial charge is 0.270 e. The van der Waals surface area contributed by atoms with Crippen molar-refractivity contribution in [3.8, 4) is 5.75 Å². The standard InChI is InChI=1S/C16H12N2O3S2/c1-21-12-4-2-11(3-5-12)18-15(20)13(14(19)17-16(18)22)8-10-6-7-23-9-10/h2-9H,1H3,(H,17,19,22)/b13-8+. The molecule has 116 valence electrons. The minimum absolute atomic E-state index is 0.0489. The summed E-state index contributed by atoms with van der Waals surface area (Å²) in [6.07, 6.45) is 1.56. The van der Waals surface area contributed by atoms with E-state index in [1.165, 1.54) is 16.2 Å². The molecule has 1 saturated heterocycles. The van der Waals surface area contributed by atoms with Gasteiger partial charge in [0.25, 0.3) is 11.8 Å². The number of carbonyl (C=O) groups excluding carboxylic acids is 2. The number of nitrogens with one attached hydrogen (secondary N) is 1. The van der Waals surface area contributed by atoms with Gasteiger partial charge in [0.05, 0.1) is 12.8 Å². The molecule has 5 nitrogen and oxygen atoms in total. The number of anilines is 1. The van der Waals surface area contributed by atoms with Crippen molar-refractivity contribution in [2.45, 2.75) is 0 Å². The number of benzene rings is 1. The Morgan fingerprint density at radius 3 is 2.57 bits per heavy atom. The summed E-state index contributed by atoms with van der Waals surface area (Å²) in [5, 5.41) is 6.35. The van der Waals surface area contributed by atoms with E-state index in [1.54, 1.807) is 37.5 Å². The molecule has 0 saturated carbocycles. The SMILES string of the molecule is COc1ccc(N2C(=O)/C(=C/c3ccsc3)C(=O)NC2=S)cc1. The van der Waals surface area contributed by atoms with Crippen molar-refractivity contribution in [3.63, 3.8) is 0 Å². The molecule has 2 amide bonds. The maximum Gasteiger partial charge on any atom is 0.270 e. The second-order valence-electron chi connectivity index (χ2n) is 4.71. The van der Waals surface area contributed by atoms with Crippen LogP contribution in [0.4, 0.5) is 5.69 Å². The van der Waals surface area contributed by atoms with Gasteiger partial charge >= 0.3 is 0 Å². The fourth-order valence-electron chi connectivity index (χ4n) is 2.15. The summed E-state index contributed by atoms with van der Waals surface area (Å²) in [4.78, 5) is 26.1. The third-order valence-corrected chi connectivity index (χ3v) is 4.27.